The lowest BCUT2D eigenvalue weighted by molar-refractivity contribution is -0.116. The molecule has 1 amide bonds. The molecule has 1 aromatic rings. The second kappa shape index (κ2) is 2.80. The molecule has 2 rings (SSSR count). The number of carbonyl (C=O) groups excluding carboxylic acids is 1. The quantitative estimate of drug-likeness (QED) is 0.653. The minimum absolute atomic E-state index is 0.00347. The average Bonchev–Trinajstić information content (AvgIpc) is 2.12. The summed E-state index contributed by atoms with van der Waals surface area (Å²) in [4.78, 5) is 10.9. The second-order valence-electron chi connectivity index (χ2n) is 2.93. The molecular weight excluding hydrogens is 176 g/mol. The molecule has 2 nitrogen and oxygen atoms in total. The van der Waals surface area contributed by atoms with Gasteiger partial charge in [-0.1, -0.05) is 0 Å². The number of halogens is 2. The van der Waals surface area contributed by atoms with E-state index in [0.29, 0.717) is 0 Å². The third-order valence-corrected chi connectivity index (χ3v) is 2.07. The number of benzene rings is 1. The van der Waals surface area contributed by atoms with Gasteiger partial charge >= 0.3 is 0 Å². The molecular formula is C9H7F2NO. The maximum absolute atomic E-state index is 13.1. The van der Waals surface area contributed by atoms with Crippen molar-refractivity contribution in [2.45, 2.75) is 12.8 Å². The third kappa shape index (κ3) is 1.28. The highest BCUT2D eigenvalue weighted by atomic mass is 19.1. The SMILES string of the molecule is O=C1CCc2c(F)ccc(F)c2N1. The first kappa shape index (κ1) is 8.16. The van der Waals surface area contributed by atoms with Crippen molar-refractivity contribution in [2.24, 2.45) is 0 Å². The van der Waals surface area contributed by atoms with Crippen molar-refractivity contribution in [3.63, 3.8) is 0 Å². The summed E-state index contributed by atoms with van der Waals surface area (Å²) in [6.07, 6.45) is 0.484. The highest BCUT2D eigenvalue weighted by Gasteiger charge is 2.20. The number of hydrogen-bond donors (Lipinski definition) is 1. The Balaban J connectivity index is 2.57. The Morgan fingerprint density at radius 1 is 1.15 bits per heavy atom. The van der Waals surface area contributed by atoms with Crippen LogP contribution < -0.4 is 5.32 Å². The summed E-state index contributed by atoms with van der Waals surface area (Å²) >= 11 is 0. The highest BCUT2D eigenvalue weighted by Crippen LogP contribution is 2.27. The normalized spacial score (nSPS) is 15.1. The van der Waals surface area contributed by atoms with E-state index in [0.717, 1.165) is 12.1 Å². The Bertz CT molecular complexity index is 376. The smallest absolute Gasteiger partial charge is 0.224 e. The van der Waals surface area contributed by atoms with Gasteiger partial charge in [0.25, 0.3) is 0 Å². The highest BCUT2D eigenvalue weighted by molar-refractivity contribution is 5.94. The molecule has 0 aromatic heterocycles. The van der Waals surface area contributed by atoms with E-state index in [1.54, 1.807) is 0 Å². The van der Waals surface area contributed by atoms with Crippen molar-refractivity contribution < 1.29 is 13.6 Å². The number of fused-ring (bicyclic) bond motifs is 1. The van der Waals surface area contributed by atoms with Gasteiger partial charge in [0.1, 0.15) is 11.6 Å². The van der Waals surface area contributed by atoms with Crippen LogP contribution in [0.3, 0.4) is 0 Å². The first-order chi connectivity index (χ1) is 6.18. The predicted molar refractivity (Wildman–Crippen MR) is 43.3 cm³/mol. The van der Waals surface area contributed by atoms with Gasteiger partial charge in [0, 0.05) is 12.0 Å². The zero-order valence-corrected chi connectivity index (χ0v) is 6.73. The number of hydrogen-bond acceptors (Lipinski definition) is 1. The van der Waals surface area contributed by atoms with Crippen LogP contribution in [-0.4, -0.2) is 5.91 Å². The molecule has 68 valence electrons. The predicted octanol–water partition coefficient (Wildman–Crippen LogP) is 1.85. The van der Waals surface area contributed by atoms with Gasteiger partial charge in [-0.05, 0) is 18.6 Å². The molecule has 1 aliphatic rings. The molecule has 0 spiro atoms. The molecule has 0 unspecified atom stereocenters. The Morgan fingerprint density at radius 2 is 1.85 bits per heavy atom. The van der Waals surface area contributed by atoms with E-state index in [1.807, 2.05) is 0 Å². The van der Waals surface area contributed by atoms with Gasteiger partial charge in [0.05, 0.1) is 5.69 Å². The summed E-state index contributed by atoms with van der Waals surface area (Å²) < 4.78 is 26.1. The Labute approximate surface area is 73.6 Å². The van der Waals surface area contributed by atoms with Crippen LogP contribution in [0.25, 0.3) is 0 Å². The first-order valence-electron chi connectivity index (χ1n) is 3.95. The van der Waals surface area contributed by atoms with Crippen molar-refractivity contribution in [3.8, 4) is 0 Å². The Hall–Kier alpha value is -1.45. The summed E-state index contributed by atoms with van der Waals surface area (Å²) in [7, 11) is 0. The fraction of sp³-hybridized carbons (Fsp3) is 0.222. The standard InChI is InChI=1S/C9H7F2NO/c10-6-2-3-7(11)9-5(6)1-4-8(13)12-9/h2-3H,1,4H2,(H,12,13). The molecule has 1 heterocycles. The minimum atomic E-state index is -0.579. The second-order valence-corrected chi connectivity index (χ2v) is 2.93. The van der Waals surface area contributed by atoms with Gasteiger partial charge in [-0.3, -0.25) is 4.79 Å². The van der Waals surface area contributed by atoms with Crippen molar-refractivity contribution in [2.75, 3.05) is 5.32 Å². The summed E-state index contributed by atoms with van der Waals surface area (Å²) in [5.74, 6) is -1.31. The molecule has 0 atom stereocenters. The van der Waals surface area contributed by atoms with Crippen LogP contribution in [0.4, 0.5) is 14.5 Å². The maximum Gasteiger partial charge on any atom is 0.224 e. The van der Waals surface area contributed by atoms with E-state index in [1.165, 1.54) is 0 Å². The Kier molecular flexibility index (Phi) is 1.76. The van der Waals surface area contributed by atoms with Crippen LogP contribution in [0.15, 0.2) is 12.1 Å². The molecule has 0 saturated carbocycles. The number of rotatable bonds is 0. The van der Waals surface area contributed by atoms with Gasteiger partial charge < -0.3 is 5.32 Å². The van der Waals surface area contributed by atoms with E-state index in [2.05, 4.69) is 5.32 Å². The number of anilines is 1. The lowest BCUT2D eigenvalue weighted by atomic mass is 10.0. The minimum Gasteiger partial charge on any atom is -0.323 e. The van der Waals surface area contributed by atoms with Crippen LogP contribution in [0.1, 0.15) is 12.0 Å². The van der Waals surface area contributed by atoms with Gasteiger partial charge in [0.2, 0.25) is 5.91 Å². The molecule has 1 aromatic carbocycles. The van der Waals surface area contributed by atoms with Gasteiger partial charge in [-0.15, -0.1) is 0 Å². The third-order valence-electron chi connectivity index (χ3n) is 2.07. The van der Waals surface area contributed by atoms with Gasteiger partial charge in [-0.2, -0.15) is 0 Å². The average molecular weight is 183 g/mol. The molecule has 0 aliphatic carbocycles. The molecule has 0 saturated heterocycles. The number of carbonyl (C=O) groups is 1. The lowest BCUT2D eigenvalue weighted by Gasteiger charge is -2.17. The molecule has 4 heteroatoms. The van der Waals surface area contributed by atoms with Crippen molar-refractivity contribution in [1.82, 2.24) is 0 Å². The molecule has 0 radical (unpaired) electrons. The molecule has 0 fully saturated rings. The zero-order valence-electron chi connectivity index (χ0n) is 6.73. The summed E-state index contributed by atoms with van der Waals surface area (Å²) in [5, 5.41) is 2.32. The fourth-order valence-corrected chi connectivity index (χ4v) is 1.41. The fourth-order valence-electron chi connectivity index (χ4n) is 1.41. The van der Waals surface area contributed by atoms with Crippen LogP contribution in [0.5, 0.6) is 0 Å². The van der Waals surface area contributed by atoms with Crippen LogP contribution in [0, 0.1) is 11.6 Å². The molecule has 0 bridgehead atoms. The van der Waals surface area contributed by atoms with E-state index < -0.39 is 11.6 Å². The van der Waals surface area contributed by atoms with Gasteiger partial charge in [0.15, 0.2) is 0 Å². The molecule has 1 aliphatic heterocycles. The molecule has 1 N–H and O–H groups in total. The van der Waals surface area contributed by atoms with E-state index in [4.69, 9.17) is 0 Å². The van der Waals surface area contributed by atoms with Crippen molar-refractivity contribution >= 4 is 11.6 Å². The zero-order chi connectivity index (χ0) is 9.42. The van der Waals surface area contributed by atoms with Crippen molar-refractivity contribution in [3.05, 3.63) is 29.3 Å². The first-order valence-corrected chi connectivity index (χ1v) is 3.95. The van der Waals surface area contributed by atoms with Crippen LogP contribution in [0.2, 0.25) is 0 Å². The van der Waals surface area contributed by atoms with Crippen LogP contribution >= 0.6 is 0 Å². The van der Waals surface area contributed by atoms with Gasteiger partial charge in [-0.25, -0.2) is 8.78 Å². The van der Waals surface area contributed by atoms with E-state index in [9.17, 15) is 13.6 Å². The van der Waals surface area contributed by atoms with Crippen LogP contribution in [-0.2, 0) is 11.2 Å². The maximum atomic E-state index is 13.1. The largest absolute Gasteiger partial charge is 0.323 e. The summed E-state index contributed by atoms with van der Waals surface area (Å²) in [5.41, 5.74) is 0.260. The summed E-state index contributed by atoms with van der Waals surface area (Å²) in [6, 6.07) is 2.09. The molecule has 13 heavy (non-hydrogen) atoms. The number of nitrogens with one attached hydrogen (secondary N) is 1. The number of amides is 1. The topological polar surface area (TPSA) is 29.1 Å². The van der Waals surface area contributed by atoms with Crippen molar-refractivity contribution in [1.29, 1.82) is 0 Å². The van der Waals surface area contributed by atoms with E-state index in [-0.39, 0.29) is 30.0 Å². The lowest BCUT2D eigenvalue weighted by Crippen LogP contribution is -2.21. The summed E-state index contributed by atoms with van der Waals surface area (Å²) in [6.45, 7) is 0. The Morgan fingerprint density at radius 3 is 2.62 bits per heavy atom. The van der Waals surface area contributed by atoms with E-state index >= 15 is 0 Å². The monoisotopic (exact) mass is 183 g/mol.